The Morgan fingerprint density at radius 1 is 1.17 bits per heavy atom. The fourth-order valence-electron chi connectivity index (χ4n) is 2.67. The number of rotatable bonds is 3. The molecule has 5 nitrogen and oxygen atoms in total. The molecule has 0 atom stereocenters. The third-order valence-corrected chi connectivity index (χ3v) is 4.90. The second-order valence-corrected chi connectivity index (χ2v) is 6.65. The lowest BCUT2D eigenvalue weighted by Crippen LogP contribution is -2.30. The molecule has 0 unspecified atom stereocenters. The van der Waals surface area contributed by atoms with Crippen molar-refractivity contribution in [1.82, 2.24) is 19.7 Å². The Morgan fingerprint density at radius 2 is 2.00 bits per heavy atom. The van der Waals surface area contributed by atoms with Crippen LogP contribution in [0.15, 0.2) is 18.6 Å². The van der Waals surface area contributed by atoms with Crippen LogP contribution in [0, 0.1) is 0 Å². The van der Waals surface area contributed by atoms with Gasteiger partial charge in [-0.1, -0.05) is 11.3 Å². The molecule has 1 aliphatic rings. The van der Waals surface area contributed by atoms with Crippen LogP contribution >= 0.6 is 11.3 Å². The quantitative estimate of drug-likeness (QED) is 0.857. The minimum atomic E-state index is -4.31. The highest BCUT2D eigenvalue weighted by Gasteiger charge is 2.34. The van der Waals surface area contributed by atoms with E-state index in [0.29, 0.717) is 11.7 Å². The lowest BCUT2D eigenvalue weighted by Gasteiger charge is -2.21. The molecular weight excluding hydrogens is 327 g/mol. The van der Waals surface area contributed by atoms with E-state index in [-0.39, 0.29) is 0 Å². The standard InChI is InChI=1S/C14H18F3N5S/c1-20-9-11(7-19-20)10-21-3-2-4-22(6-5-21)13-18-8-12(23-13)14(15,16)17/h7-9H,2-6,10H2,1H3. The van der Waals surface area contributed by atoms with Crippen molar-refractivity contribution in [3.63, 3.8) is 0 Å². The number of thiazole rings is 1. The van der Waals surface area contributed by atoms with Crippen LogP contribution in [0.1, 0.15) is 16.9 Å². The van der Waals surface area contributed by atoms with E-state index >= 15 is 0 Å². The van der Waals surface area contributed by atoms with Crippen molar-refractivity contribution < 1.29 is 13.2 Å². The van der Waals surface area contributed by atoms with Gasteiger partial charge in [-0.15, -0.1) is 0 Å². The van der Waals surface area contributed by atoms with Crippen LogP contribution in [0.4, 0.5) is 18.3 Å². The van der Waals surface area contributed by atoms with Gasteiger partial charge in [0.25, 0.3) is 0 Å². The molecule has 1 saturated heterocycles. The van der Waals surface area contributed by atoms with E-state index in [0.717, 1.165) is 55.7 Å². The number of alkyl halides is 3. The summed E-state index contributed by atoms with van der Waals surface area (Å²) in [6.45, 7) is 3.95. The summed E-state index contributed by atoms with van der Waals surface area (Å²) < 4.78 is 39.8. The minimum Gasteiger partial charge on any atom is -0.347 e. The van der Waals surface area contributed by atoms with E-state index in [9.17, 15) is 13.2 Å². The summed E-state index contributed by atoms with van der Waals surface area (Å²) >= 11 is 0.722. The molecule has 23 heavy (non-hydrogen) atoms. The zero-order chi connectivity index (χ0) is 16.4. The highest BCUT2D eigenvalue weighted by molar-refractivity contribution is 7.15. The summed E-state index contributed by atoms with van der Waals surface area (Å²) in [7, 11) is 1.88. The maximum atomic E-state index is 12.7. The van der Waals surface area contributed by atoms with Gasteiger partial charge in [0.2, 0.25) is 0 Å². The molecular formula is C14H18F3N5S. The molecule has 0 amide bonds. The molecule has 9 heteroatoms. The Kier molecular flexibility index (Phi) is 4.58. The molecule has 0 aliphatic carbocycles. The largest absolute Gasteiger partial charge is 0.427 e. The second kappa shape index (κ2) is 6.48. The normalized spacial score (nSPS) is 17.5. The lowest BCUT2D eigenvalue weighted by molar-refractivity contribution is -0.134. The van der Waals surface area contributed by atoms with Crippen molar-refractivity contribution in [2.45, 2.75) is 19.1 Å². The second-order valence-electron chi connectivity index (χ2n) is 5.64. The van der Waals surface area contributed by atoms with Gasteiger partial charge in [-0.05, 0) is 6.42 Å². The van der Waals surface area contributed by atoms with Gasteiger partial charge in [0.05, 0.1) is 12.4 Å². The van der Waals surface area contributed by atoms with E-state index in [1.807, 2.05) is 24.3 Å². The predicted octanol–water partition coefficient (Wildman–Crippen LogP) is 2.61. The van der Waals surface area contributed by atoms with Crippen molar-refractivity contribution in [2.24, 2.45) is 7.05 Å². The van der Waals surface area contributed by atoms with Crippen molar-refractivity contribution in [1.29, 1.82) is 0 Å². The summed E-state index contributed by atoms with van der Waals surface area (Å²) in [5.74, 6) is 0. The van der Waals surface area contributed by atoms with E-state index < -0.39 is 11.1 Å². The number of anilines is 1. The molecule has 0 radical (unpaired) electrons. The summed E-state index contributed by atoms with van der Waals surface area (Å²) in [5.41, 5.74) is 1.15. The van der Waals surface area contributed by atoms with Crippen LogP contribution in [0.3, 0.4) is 0 Å². The Balaban J connectivity index is 1.61. The first kappa shape index (κ1) is 16.3. The average Bonchev–Trinajstić information content (AvgIpc) is 3.05. The molecule has 1 fully saturated rings. The first-order valence-electron chi connectivity index (χ1n) is 7.39. The van der Waals surface area contributed by atoms with Crippen LogP contribution in [0.2, 0.25) is 0 Å². The molecule has 2 aromatic rings. The van der Waals surface area contributed by atoms with Gasteiger partial charge in [0.15, 0.2) is 5.13 Å². The fraction of sp³-hybridized carbons (Fsp3) is 0.571. The molecule has 3 heterocycles. The molecule has 0 aromatic carbocycles. The van der Waals surface area contributed by atoms with Crippen LogP contribution in [0.5, 0.6) is 0 Å². The highest BCUT2D eigenvalue weighted by Crippen LogP contribution is 2.36. The van der Waals surface area contributed by atoms with Gasteiger partial charge in [0.1, 0.15) is 4.88 Å². The van der Waals surface area contributed by atoms with Gasteiger partial charge in [-0.3, -0.25) is 9.58 Å². The van der Waals surface area contributed by atoms with Crippen molar-refractivity contribution in [3.8, 4) is 0 Å². The van der Waals surface area contributed by atoms with Gasteiger partial charge < -0.3 is 4.90 Å². The van der Waals surface area contributed by atoms with E-state index in [2.05, 4.69) is 15.0 Å². The van der Waals surface area contributed by atoms with Crippen LogP contribution in [-0.4, -0.2) is 45.8 Å². The third-order valence-electron chi connectivity index (χ3n) is 3.80. The Morgan fingerprint density at radius 3 is 2.65 bits per heavy atom. The predicted molar refractivity (Wildman–Crippen MR) is 82.4 cm³/mol. The minimum absolute atomic E-state index is 0.459. The molecule has 126 valence electrons. The molecule has 0 bridgehead atoms. The maximum Gasteiger partial charge on any atom is 0.427 e. The zero-order valence-electron chi connectivity index (χ0n) is 12.8. The van der Waals surface area contributed by atoms with E-state index in [1.165, 1.54) is 0 Å². The monoisotopic (exact) mass is 345 g/mol. The Hall–Kier alpha value is -1.61. The molecule has 2 aromatic heterocycles. The summed E-state index contributed by atoms with van der Waals surface area (Å²) in [6.07, 6.45) is 1.35. The van der Waals surface area contributed by atoms with E-state index in [1.54, 1.807) is 4.68 Å². The topological polar surface area (TPSA) is 37.2 Å². The Labute approximate surface area is 136 Å². The van der Waals surface area contributed by atoms with Crippen molar-refractivity contribution >= 4 is 16.5 Å². The van der Waals surface area contributed by atoms with E-state index in [4.69, 9.17) is 0 Å². The summed E-state index contributed by atoms with van der Waals surface area (Å²) in [4.78, 5) is 7.57. The van der Waals surface area contributed by atoms with Crippen LogP contribution in [0.25, 0.3) is 0 Å². The molecule has 0 N–H and O–H groups in total. The summed E-state index contributed by atoms with van der Waals surface area (Å²) in [5, 5.41) is 4.62. The number of hydrogen-bond acceptors (Lipinski definition) is 5. The first-order chi connectivity index (χ1) is 10.9. The first-order valence-corrected chi connectivity index (χ1v) is 8.21. The van der Waals surface area contributed by atoms with Gasteiger partial charge in [-0.25, -0.2) is 4.98 Å². The summed E-state index contributed by atoms with van der Waals surface area (Å²) in [6, 6.07) is 0. The van der Waals surface area contributed by atoms with Gasteiger partial charge >= 0.3 is 6.18 Å². The van der Waals surface area contributed by atoms with Crippen molar-refractivity contribution in [3.05, 3.63) is 29.0 Å². The fourth-order valence-corrected chi connectivity index (χ4v) is 3.51. The zero-order valence-corrected chi connectivity index (χ0v) is 13.6. The number of aromatic nitrogens is 3. The number of hydrogen-bond donors (Lipinski definition) is 0. The van der Waals surface area contributed by atoms with Crippen LogP contribution in [-0.2, 0) is 19.8 Å². The average molecular weight is 345 g/mol. The number of aryl methyl sites for hydroxylation is 1. The van der Waals surface area contributed by atoms with Crippen molar-refractivity contribution in [2.75, 3.05) is 31.1 Å². The smallest absolute Gasteiger partial charge is 0.347 e. The van der Waals surface area contributed by atoms with Crippen LogP contribution < -0.4 is 4.90 Å². The number of nitrogens with zero attached hydrogens (tertiary/aromatic N) is 5. The third kappa shape index (κ3) is 4.03. The highest BCUT2D eigenvalue weighted by atomic mass is 32.1. The number of halogens is 3. The molecule has 0 spiro atoms. The molecule has 3 rings (SSSR count). The van der Waals surface area contributed by atoms with Gasteiger partial charge in [-0.2, -0.15) is 18.3 Å². The maximum absolute atomic E-state index is 12.7. The molecule has 1 aliphatic heterocycles. The lowest BCUT2D eigenvalue weighted by atomic mass is 10.3. The Bertz CT molecular complexity index is 651. The molecule has 0 saturated carbocycles. The SMILES string of the molecule is Cn1cc(CN2CCCN(c3ncc(C(F)(F)F)s3)CC2)cn1. The van der Waals surface area contributed by atoms with Gasteiger partial charge in [0, 0.05) is 51.5 Å².